The summed E-state index contributed by atoms with van der Waals surface area (Å²) in [6.07, 6.45) is 0. The first kappa shape index (κ1) is 20.6. The van der Waals surface area contributed by atoms with Crippen molar-refractivity contribution >= 4 is 17.6 Å². The van der Waals surface area contributed by atoms with Gasteiger partial charge in [0.1, 0.15) is 0 Å². The number of amides is 1. The first-order valence-corrected chi connectivity index (χ1v) is 9.24. The molecule has 2 rings (SSSR count). The maximum atomic E-state index is 13.1. The summed E-state index contributed by atoms with van der Waals surface area (Å²) in [7, 11) is 1.39. The summed E-state index contributed by atoms with van der Waals surface area (Å²) in [4.78, 5) is 28.6. The minimum atomic E-state index is -0.276. The van der Waals surface area contributed by atoms with Crippen LogP contribution in [0.15, 0.2) is 60.7 Å². The van der Waals surface area contributed by atoms with Crippen molar-refractivity contribution in [3.63, 3.8) is 0 Å². The minimum absolute atomic E-state index is 0.00367. The maximum Gasteiger partial charge on any atom is 0.309 e. The molecule has 0 aliphatic rings. The van der Waals surface area contributed by atoms with Crippen LogP contribution in [0.5, 0.6) is 0 Å². The van der Waals surface area contributed by atoms with Gasteiger partial charge in [0.15, 0.2) is 0 Å². The third kappa shape index (κ3) is 6.22. The van der Waals surface area contributed by atoms with Crippen molar-refractivity contribution in [1.82, 2.24) is 4.90 Å². The van der Waals surface area contributed by atoms with Crippen LogP contribution in [0, 0.1) is 5.92 Å². The van der Waals surface area contributed by atoms with Crippen molar-refractivity contribution in [2.24, 2.45) is 5.92 Å². The zero-order valence-corrected chi connectivity index (χ0v) is 16.3. The monoisotopic (exact) mass is 368 g/mol. The molecule has 1 unspecified atom stereocenters. The second-order valence-corrected chi connectivity index (χ2v) is 6.55. The average Bonchev–Trinajstić information content (AvgIpc) is 2.72. The molecule has 0 saturated carbocycles. The lowest BCUT2D eigenvalue weighted by Gasteiger charge is -2.28. The van der Waals surface area contributed by atoms with Crippen molar-refractivity contribution in [3.05, 3.63) is 66.2 Å². The molecule has 0 N–H and O–H groups in total. The van der Waals surface area contributed by atoms with Crippen LogP contribution in [0.2, 0.25) is 0 Å². The van der Waals surface area contributed by atoms with E-state index in [4.69, 9.17) is 4.74 Å². The van der Waals surface area contributed by atoms with Crippen LogP contribution in [-0.4, -0.2) is 43.5 Å². The zero-order chi connectivity index (χ0) is 19.6. The summed E-state index contributed by atoms with van der Waals surface area (Å²) >= 11 is 0. The van der Waals surface area contributed by atoms with Crippen LogP contribution in [0.1, 0.15) is 19.4 Å². The number of hydrogen-bond acceptors (Lipinski definition) is 4. The Bertz CT molecular complexity index is 719. The predicted molar refractivity (Wildman–Crippen MR) is 107 cm³/mol. The summed E-state index contributed by atoms with van der Waals surface area (Å²) in [6.45, 7) is 5.73. The van der Waals surface area contributed by atoms with Crippen LogP contribution in [0.3, 0.4) is 0 Å². The number of carbonyl (C=O) groups excluding carboxylic acids is 2. The fourth-order valence-electron chi connectivity index (χ4n) is 2.94. The average molecular weight is 368 g/mol. The van der Waals surface area contributed by atoms with E-state index in [-0.39, 0.29) is 24.3 Å². The Morgan fingerprint density at radius 3 is 2.15 bits per heavy atom. The van der Waals surface area contributed by atoms with Gasteiger partial charge in [0.25, 0.3) is 0 Å². The molecule has 0 aromatic heterocycles. The first-order chi connectivity index (χ1) is 13.0. The quantitative estimate of drug-likeness (QED) is 0.637. The predicted octanol–water partition coefficient (Wildman–Crippen LogP) is 3.35. The van der Waals surface area contributed by atoms with Gasteiger partial charge in [-0.05, 0) is 24.2 Å². The van der Waals surface area contributed by atoms with Gasteiger partial charge in [0, 0.05) is 12.2 Å². The number of nitrogens with zero attached hydrogens (tertiary/aromatic N) is 2. The molecule has 1 atom stereocenters. The highest BCUT2D eigenvalue weighted by molar-refractivity contribution is 5.94. The first-order valence-electron chi connectivity index (χ1n) is 9.24. The van der Waals surface area contributed by atoms with E-state index in [1.165, 1.54) is 7.11 Å². The Hall–Kier alpha value is -2.66. The SMILES string of the molecule is CCN(CC(=O)N(Cc1ccccc1)c1ccccc1)CC(C)C(=O)OC. The van der Waals surface area contributed by atoms with Crippen molar-refractivity contribution in [2.75, 3.05) is 31.6 Å². The molecule has 2 aromatic rings. The second-order valence-electron chi connectivity index (χ2n) is 6.55. The molecule has 0 aliphatic carbocycles. The molecule has 5 heteroatoms. The number of methoxy groups -OCH3 is 1. The Morgan fingerprint density at radius 2 is 1.59 bits per heavy atom. The van der Waals surface area contributed by atoms with Crippen LogP contribution in [0.25, 0.3) is 0 Å². The minimum Gasteiger partial charge on any atom is -0.469 e. The molecule has 144 valence electrons. The third-order valence-corrected chi connectivity index (χ3v) is 4.49. The van der Waals surface area contributed by atoms with Gasteiger partial charge < -0.3 is 9.64 Å². The molecule has 0 heterocycles. The summed E-state index contributed by atoms with van der Waals surface area (Å²) in [5.41, 5.74) is 1.93. The number of likely N-dealkylation sites (N-methyl/N-ethyl adjacent to an activating group) is 1. The lowest BCUT2D eigenvalue weighted by Crippen LogP contribution is -2.42. The normalized spacial score (nSPS) is 11.9. The summed E-state index contributed by atoms with van der Waals surface area (Å²) in [5.74, 6) is -0.531. The van der Waals surface area contributed by atoms with Gasteiger partial charge in [0.05, 0.1) is 26.1 Å². The number of anilines is 1. The van der Waals surface area contributed by atoms with Crippen molar-refractivity contribution in [1.29, 1.82) is 0 Å². The smallest absolute Gasteiger partial charge is 0.309 e. The van der Waals surface area contributed by atoms with E-state index in [0.29, 0.717) is 19.6 Å². The topological polar surface area (TPSA) is 49.9 Å². The molecule has 0 fully saturated rings. The second kappa shape index (κ2) is 10.5. The van der Waals surface area contributed by atoms with E-state index >= 15 is 0 Å². The van der Waals surface area contributed by atoms with E-state index in [2.05, 4.69) is 0 Å². The number of rotatable bonds is 9. The van der Waals surface area contributed by atoms with Gasteiger partial charge >= 0.3 is 5.97 Å². The fourth-order valence-corrected chi connectivity index (χ4v) is 2.94. The van der Waals surface area contributed by atoms with Gasteiger partial charge in [-0.25, -0.2) is 0 Å². The van der Waals surface area contributed by atoms with Gasteiger partial charge in [-0.1, -0.05) is 62.4 Å². The zero-order valence-electron chi connectivity index (χ0n) is 16.3. The van der Waals surface area contributed by atoms with Crippen LogP contribution in [0.4, 0.5) is 5.69 Å². The van der Waals surface area contributed by atoms with Crippen LogP contribution < -0.4 is 4.90 Å². The van der Waals surface area contributed by atoms with E-state index in [1.54, 1.807) is 4.90 Å². The number of hydrogen-bond donors (Lipinski definition) is 0. The van der Waals surface area contributed by atoms with E-state index < -0.39 is 0 Å². The van der Waals surface area contributed by atoms with Crippen LogP contribution in [-0.2, 0) is 20.9 Å². The molecule has 0 spiro atoms. The number of para-hydroxylation sites is 1. The third-order valence-electron chi connectivity index (χ3n) is 4.49. The van der Waals surface area contributed by atoms with Gasteiger partial charge in [-0.2, -0.15) is 0 Å². The number of benzene rings is 2. The molecular formula is C22H28N2O3. The van der Waals surface area contributed by atoms with Crippen molar-refractivity contribution < 1.29 is 14.3 Å². The highest BCUT2D eigenvalue weighted by Gasteiger charge is 2.22. The largest absolute Gasteiger partial charge is 0.469 e. The molecule has 2 aromatic carbocycles. The fraction of sp³-hybridized carbons (Fsp3) is 0.364. The molecule has 0 aliphatic heterocycles. The van der Waals surface area contributed by atoms with Gasteiger partial charge in [-0.15, -0.1) is 0 Å². The number of esters is 1. The Labute approximate surface area is 161 Å². The van der Waals surface area contributed by atoms with E-state index in [1.807, 2.05) is 79.4 Å². The standard InChI is InChI=1S/C22H28N2O3/c1-4-23(15-18(2)22(26)27-3)17-21(25)24(20-13-9-6-10-14-20)16-19-11-7-5-8-12-19/h5-14,18H,4,15-17H2,1-3H3. The maximum absolute atomic E-state index is 13.1. The molecule has 0 bridgehead atoms. The van der Waals surface area contributed by atoms with Gasteiger partial charge in [0.2, 0.25) is 5.91 Å². The van der Waals surface area contributed by atoms with Crippen LogP contribution >= 0.6 is 0 Å². The summed E-state index contributed by atoms with van der Waals surface area (Å²) in [5, 5.41) is 0. The summed E-state index contributed by atoms with van der Waals surface area (Å²) < 4.78 is 4.80. The molecule has 1 amide bonds. The number of ether oxygens (including phenoxy) is 1. The highest BCUT2D eigenvalue weighted by atomic mass is 16.5. The molecule has 27 heavy (non-hydrogen) atoms. The van der Waals surface area contributed by atoms with Crippen molar-refractivity contribution in [2.45, 2.75) is 20.4 Å². The molecule has 0 saturated heterocycles. The van der Waals surface area contributed by atoms with Crippen molar-refractivity contribution in [3.8, 4) is 0 Å². The molecular weight excluding hydrogens is 340 g/mol. The summed E-state index contributed by atoms with van der Waals surface area (Å²) in [6, 6.07) is 19.6. The Balaban J connectivity index is 2.14. The number of carbonyl (C=O) groups is 2. The van der Waals surface area contributed by atoms with Gasteiger partial charge in [-0.3, -0.25) is 14.5 Å². The Kier molecular flexibility index (Phi) is 8.01. The highest BCUT2D eigenvalue weighted by Crippen LogP contribution is 2.18. The lowest BCUT2D eigenvalue weighted by atomic mass is 10.1. The molecule has 0 radical (unpaired) electrons. The molecule has 5 nitrogen and oxygen atoms in total. The Morgan fingerprint density at radius 1 is 1.00 bits per heavy atom. The van der Waals surface area contributed by atoms with E-state index in [9.17, 15) is 9.59 Å². The lowest BCUT2D eigenvalue weighted by molar-refractivity contribution is -0.145. The van der Waals surface area contributed by atoms with E-state index in [0.717, 1.165) is 11.3 Å².